The standard InChI is InChI=1S/C13H13ClN6/c1-19-8-15-5-11(19)6-17-12-4-10(14)2-3-13(12)20-9-16-7-18-20/h2-5,7-9,17H,6H2,1H3. The third-order valence-electron chi connectivity index (χ3n) is 3.00. The van der Waals surface area contributed by atoms with E-state index in [1.807, 2.05) is 36.0 Å². The SMILES string of the molecule is Cn1cncc1CNc1cc(Cl)ccc1-n1cncn1. The monoisotopic (exact) mass is 288 g/mol. The second kappa shape index (κ2) is 5.34. The van der Waals surface area contributed by atoms with Gasteiger partial charge in [0.1, 0.15) is 12.7 Å². The average molecular weight is 289 g/mol. The molecule has 0 saturated heterocycles. The minimum absolute atomic E-state index is 0.651. The lowest BCUT2D eigenvalue weighted by atomic mass is 10.2. The summed E-state index contributed by atoms with van der Waals surface area (Å²) < 4.78 is 3.66. The van der Waals surface area contributed by atoms with Crippen molar-refractivity contribution < 1.29 is 0 Å². The highest BCUT2D eigenvalue weighted by Gasteiger charge is 2.07. The molecular formula is C13H13ClN6. The van der Waals surface area contributed by atoms with Crippen LogP contribution in [0.3, 0.4) is 0 Å². The first-order valence-electron chi connectivity index (χ1n) is 6.07. The number of aryl methyl sites for hydroxylation is 1. The van der Waals surface area contributed by atoms with Gasteiger partial charge >= 0.3 is 0 Å². The predicted octanol–water partition coefficient (Wildman–Crippen LogP) is 2.27. The third kappa shape index (κ3) is 2.50. The lowest BCUT2D eigenvalue weighted by molar-refractivity contribution is 0.833. The van der Waals surface area contributed by atoms with Crippen molar-refractivity contribution in [3.05, 3.63) is 54.1 Å². The fourth-order valence-corrected chi connectivity index (χ4v) is 2.10. The summed E-state index contributed by atoms with van der Waals surface area (Å²) in [6.45, 7) is 0.651. The Bertz CT molecular complexity index is 703. The lowest BCUT2D eigenvalue weighted by Crippen LogP contribution is -2.07. The molecule has 2 heterocycles. The van der Waals surface area contributed by atoms with E-state index in [2.05, 4.69) is 20.4 Å². The molecule has 0 aliphatic rings. The van der Waals surface area contributed by atoms with Crippen LogP contribution in [0, 0.1) is 0 Å². The van der Waals surface area contributed by atoms with Gasteiger partial charge in [-0.05, 0) is 18.2 Å². The van der Waals surface area contributed by atoms with Crippen LogP contribution >= 0.6 is 11.6 Å². The molecule has 0 radical (unpaired) electrons. The summed E-state index contributed by atoms with van der Waals surface area (Å²) in [4.78, 5) is 8.06. The van der Waals surface area contributed by atoms with Crippen molar-refractivity contribution in [2.24, 2.45) is 7.05 Å². The second-order valence-electron chi connectivity index (χ2n) is 4.35. The summed E-state index contributed by atoms with van der Waals surface area (Å²) in [6.07, 6.45) is 6.75. The minimum atomic E-state index is 0.651. The number of anilines is 1. The average Bonchev–Trinajstić information content (AvgIpc) is 3.08. The zero-order chi connectivity index (χ0) is 13.9. The molecule has 0 saturated carbocycles. The van der Waals surface area contributed by atoms with Gasteiger partial charge in [0.05, 0.1) is 29.9 Å². The summed E-state index contributed by atoms with van der Waals surface area (Å²) in [5.74, 6) is 0. The number of halogens is 1. The van der Waals surface area contributed by atoms with Crippen LogP contribution in [0.5, 0.6) is 0 Å². The molecule has 0 aliphatic carbocycles. The van der Waals surface area contributed by atoms with Gasteiger partial charge in [-0.3, -0.25) is 0 Å². The van der Waals surface area contributed by atoms with Crippen LogP contribution in [-0.4, -0.2) is 24.3 Å². The van der Waals surface area contributed by atoms with Crippen LogP contribution in [-0.2, 0) is 13.6 Å². The van der Waals surface area contributed by atoms with Gasteiger partial charge in [-0.1, -0.05) is 11.6 Å². The molecule has 20 heavy (non-hydrogen) atoms. The van der Waals surface area contributed by atoms with Gasteiger partial charge < -0.3 is 9.88 Å². The summed E-state index contributed by atoms with van der Waals surface area (Å²) in [5, 5.41) is 8.16. The highest BCUT2D eigenvalue weighted by molar-refractivity contribution is 6.31. The van der Waals surface area contributed by atoms with Crippen molar-refractivity contribution >= 4 is 17.3 Å². The van der Waals surface area contributed by atoms with Gasteiger partial charge in [0.25, 0.3) is 0 Å². The summed E-state index contributed by atoms with van der Waals surface area (Å²) in [6, 6.07) is 5.60. The molecule has 0 amide bonds. The fourth-order valence-electron chi connectivity index (χ4n) is 1.92. The second-order valence-corrected chi connectivity index (χ2v) is 4.79. The highest BCUT2D eigenvalue weighted by atomic mass is 35.5. The molecular weight excluding hydrogens is 276 g/mol. The van der Waals surface area contributed by atoms with E-state index in [0.717, 1.165) is 17.1 Å². The van der Waals surface area contributed by atoms with Gasteiger partial charge in [0, 0.05) is 18.3 Å². The van der Waals surface area contributed by atoms with Gasteiger partial charge in [0.2, 0.25) is 0 Å². The van der Waals surface area contributed by atoms with E-state index in [-0.39, 0.29) is 0 Å². The van der Waals surface area contributed by atoms with Crippen molar-refractivity contribution in [2.75, 3.05) is 5.32 Å². The minimum Gasteiger partial charge on any atom is -0.378 e. The number of nitrogens with one attached hydrogen (secondary N) is 1. The Hall–Kier alpha value is -2.34. The van der Waals surface area contributed by atoms with Crippen molar-refractivity contribution in [1.82, 2.24) is 24.3 Å². The molecule has 0 bridgehead atoms. The molecule has 0 spiro atoms. The van der Waals surface area contributed by atoms with Crippen molar-refractivity contribution in [3.63, 3.8) is 0 Å². The number of nitrogens with zero attached hydrogens (tertiary/aromatic N) is 5. The van der Waals surface area contributed by atoms with E-state index < -0.39 is 0 Å². The largest absolute Gasteiger partial charge is 0.378 e. The van der Waals surface area contributed by atoms with Gasteiger partial charge in [-0.25, -0.2) is 14.6 Å². The Morgan fingerprint density at radius 1 is 1.25 bits per heavy atom. The van der Waals surface area contributed by atoms with E-state index in [9.17, 15) is 0 Å². The molecule has 6 nitrogen and oxygen atoms in total. The first-order chi connectivity index (χ1) is 9.74. The topological polar surface area (TPSA) is 60.6 Å². The van der Waals surface area contributed by atoms with E-state index >= 15 is 0 Å². The molecule has 7 heteroatoms. The summed E-state index contributed by atoms with van der Waals surface area (Å²) >= 11 is 6.07. The molecule has 3 rings (SSSR count). The molecule has 102 valence electrons. The van der Waals surface area contributed by atoms with Crippen LogP contribution in [0.2, 0.25) is 5.02 Å². The predicted molar refractivity (Wildman–Crippen MR) is 76.9 cm³/mol. The normalized spacial score (nSPS) is 10.7. The summed E-state index contributed by atoms with van der Waals surface area (Å²) in [7, 11) is 1.96. The van der Waals surface area contributed by atoms with E-state index in [1.54, 1.807) is 17.3 Å². The van der Waals surface area contributed by atoms with E-state index in [0.29, 0.717) is 11.6 Å². The molecule has 0 atom stereocenters. The van der Waals surface area contributed by atoms with Crippen LogP contribution < -0.4 is 5.32 Å². The number of rotatable bonds is 4. The third-order valence-corrected chi connectivity index (χ3v) is 3.24. The maximum atomic E-state index is 6.07. The summed E-state index contributed by atoms with van der Waals surface area (Å²) in [5.41, 5.74) is 2.87. The van der Waals surface area contributed by atoms with E-state index in [1.165, 1.54) is 6.33 Å². The van der Waals surface area contributed by atoms with Crippen LogP contribution in [0.25, 0.3) is 5.69 Å². The number of hydrogen-bond donors (Lipinski definition) is 1. The maximum absolute atomic E-state index is 6.07. The lowest BCUT2D eigenvalue weighted by Gasteiger charge is -2.12. The first-order valence-corrected chi connectivity index (χ1v) is 6.45. The van der Waals surface area contributed by atoms with Crippen molar-refractivity contribution in [3.8, 4) is 5.69 Å². The molecule has 0 aliphatic heterocycles. The zero-order valence-electron chi connectivity index (χ0n) is 10.9. The number of benzene rings is 1. The molecule has 0 fully saturated rings. The fraction of sp³-hybridized carbons (Fsp3) is 0.154. The molecule has 1 aromatic carbocycles. The molecule has 2 aromatic heterocycles. The Morgan fingerprint density at radius 2 is 2.15 bits per heavy atom. The Morgan fingerprint density at radius 3 is 2.85 bits per heavy atom. The molecule has 1 N–H and O–H groups in total. The number of aromatic nitrogens is 5. The Kier molecular flexibility index (Phi) is 3.39. The quantitative estimate of drug-likeness (QED) is 0.800. The molecule has 0 unspecified atom stereocenters. The Balaban J connectivity index is 1.88. The highest BCUT2D eigenvalue weighted by Crippen LogP contribution is 2.24. The molecule has 3 aromatic rings. The number of imidazole rings is 1. The van der Waals surface area contributed by atoms with Crippen LogP contribution in [0.4, 0.5) is 5.69 Å². The van der Waals surface area contributed by atoms with Crippen LogP contribution in [0.15, 0.2) is 43.4 Å². The zero-order valence-corrected chi connectivity index (χ0v) is 11.6. The van der Waals surface area contributed by atoms with Gasteiger partial charge in [-0.2, -0.15) is 5.10 Å². The number of hydrogen-bond acceptors (Lipinski definition) is 4. The van der Waals surface area contributed by atoms with Crippen molar-refractivity contribution in [1.29, 1.82) is 0 Å². The van der Waals surface area contributed by atoms with Gasteiger partial charge in [0.15, 0.2) is 0 Å². The Labute approximate surface area is 121 Å². The van der Waals surface area contributed by atoms with Crippen LogP contribution in [0.1, 0.15) is 5.69 Å². The smallest absolute Gasteiger partial charge is 0.138 e. The first kappa shape index (κ1) is 12.7. The van der Waals surface area contributed by atoms with E-state index in [4.69, 9.17) is 11.6 Å². The van der Waals surface area contributed by atoms with Gasteiger partial charge in [-0.15, -0.1) is 0 Å². The maximum Gasteiger partial charge on any atom is 0.138 e. The van der Waals surface area contributed by atoms with Crippen molar-refractivity contribution in [2.45, 2.75) is 6.54 Å².